The number of benzene rings is 1. The summed E-state index contributed by atoms with van der Waals surface area (Å²) in [6.45, 7) is 7.09. The van der Waals surface area contributed by atoms with Crippen LogP contribution in [0.3, 0.4) is 0 Å². The summed E-state index contributed by atoms with van der Waals surface area (Å²) in [4.78, 5) is 24.0. The maximum absolute atomic E-state index is 12.3. The van der Waals surface area contributed by atoms with Gasteiger partial charge in [0.2, 0.25) is 0 Å². The van der Waals surface area contributed by atoms with Gasteiger partial charge in [-0.2, -0.15) is 0 Å². The van der Waals surface area contributed by atoms with Gasteiger partial charge in [0.25, 0.3) is 0 Å². The van der Waals surface area contributed by atoms with Crippen molar-refractivity contribution in [2.45, 2.75) is 51.9 Å². The highest BCUT2D eigenvalue weighted by Gasteiger charge is 2.46. The van der Waals surface area contributed by atoms with Crippen LogP contribution >= 0.6 is 0 Å². The minimum Gasteiger partial charge on any atom is -0.484 e. The summed E-state index contributed by atoms with van der Waals surface area (Å²) in [6.07, 6.45) is -1.46. The zero-order chi connectivity index (χ0) is 18.4. The van der Waals surface area contributed by atoms with Crippen LogP contribution in [0.4, 0.5) is 0 Å². The van der Waals surface area contributed by atoms with Crippen molar-refractivity contribution in [1.29, 1.82) is 0 Å². The van der Waals surface area contributed by atoms with Gasteiger partial charge in [-0.3, -0.25) is 4.79 Å². The molecule has 0 saturated heterocycles. The number of ether oxygens (including phenoxy) is 2. The summed E-state index contributed by atoms with van der Waals surface area (Å²) in [5.74, 6) is -0.284. The molecule has 1 aromatic carbocycles. The highest BCUT2D eigenvalue weighted by molar-refractivity contribution is 5.83. The Kier molecular flexibility index (Phi) is 4.33. The molecule has 134 valence electrons. The van der Waals surface area contributed by atoms with Gasteiger partial charge in [-0.1, -0.05) is 13.8 Å². The zero-order valence-electron chi connectivity index (χ0n) is 14.7. The number of esters is 1. The van der Waals surface area contributed by atoms with Gasteiger partial charge in [0.05, 0.1) is 11.5 Å². The molecule has 0 amide bonds. The second-order valence-electron chi connectivity index (χ2n) is 6.97. The molecule has 25 heavy (non-hydrogen) atoms. The third-order valence-corrected chi connectivity index (χ3v) is 4.70. The van der Waals surface area contributed by atoms with Gasteiger partial charge in [-0.05, 0) is 38.5 Å². The van der Waals surface area contributed by atoms with Crippen LogP contribution < -0.4 is 10.4 Å². The Labute approximate surface area is 145 Å². The largest absolute Gasteiger partial charge is 0.484 e. The lowest BCUT2D eigenvalue weighted by atomic mass is 9.87. The van der Waals surface area contributed by atoms with E-state index in [-0.39, 0.29) is 11.5 Å². The second kappa shape index (κ2) is 6.19. The first-order valence-corrected chi connectivity index (χ1v) is 8.39. The minimum absolute atomic E-state index is 0.265. The van der Waals surface area contributed by atoms with E-state index in [1.807, 2.05) is 6.92 Å². The summed E-state index contributed by atoms with van der Waals surface area (Å²) in [5, 5.41) is 11.4. The monoisotopic (exact) mass is 346 g/mol. The molecule has 1 aromatic heterocycles. The van der Waals surface area contributed by atoms with Crippen LogP contribution in [0.5, 0.6) is 5.75 Å². The Balaban J connectivity index is 2.18. The van der Waals surface area contributed by atoms with Crippen molar-refractivity contribution in [3.8, 4) is 5.75 Å². The molecule has 3 atom stereocenters. The second-order valence-corrected chi connectivity index (χ2v) is 6.97. The third-order valence-electron chi connectivity index (χ3n) is 4.70. The fourth-order valence-corrected chi connectivity index (χ4v) is 2.89. The predicted molar refractivity (Wildman–Crippen MR) is 91.5 cm³/mol. The number of fused-ring (bicyclic) bond motifs is 3. The predicted octanol–water partition coefficient (Wildman–Crippen LogP) is 2.96. The maximum Gasteiger partial charge on any atom is 0.336 e. The Morgan fingerprint density at radius 3 is 2.68 bits per heavy atom. The van der Waals surface area contributed by atoms with Crippen molar-refractivity contribution in [2.75, 3.05) is 0 Å². The van der Waals surface area contributed by atoms with E-state index in [1.54, 1.807) is 39.0 Å². The number of rotatable bonds is 3. The van der Waals surface area contributed by atoms with Crippen LogP contribution in [0.15, 0.2) is 33.5 Å². The van der Waals surface area contributed by atoms with Crippen molar-refractivity contribution >= 4 is 16.9 Å². The van der Waals surface area contributed by atoms with Crippen molar-refractivity contribution in [3.63, 3.8) is 0 Å². The van der Waals surface area contributed by atoms with E-state index in [4.69, 9.17) is 13.9 Å². The van der Waals surface area contributed by atoms with E-state index in [0.717, 1.165) is 0 Å². The van der Waals surface area contributed by atoms with Gasteiger partial charge in [0.1, 0.15) is 23.0 Å². The number of hydrogen-bond donors (Lipinski definition) is 1. The molecule has 1 aliphatic heterocycles. The molecule has 2 aromatic rings. The molecule has 0 spiro atoms. The molecule has 0 bridgehead atoms. The maximum atomic E-state index is 12.3. The number of carbonyl (C=O) groups excluding carboxylic acids is 1. The summed E-state index contributed by atoms with van der Waals surface area (Å²) in [6, 6.07) is 6.44. The van der Waals surface area contributed by atoms with Crippen molar-refractivity contribution in [2.24, 2.45) is 5.92 Å². The third kappa shape index (κ3) is 3.02. The van der Waals surface area contributed by atoms with Crippen molar-refractivity contribution in [1.82, 2.24) is 0 Å². The van der Waals surface area contributed by atoms with Crippen LogP contribution in [-0.2, 0) is 9.53 Å². The van der Waals surface area contributed by atoms with E-state index in [1.165, 1.54) is 6.07 Å². The van der Waals surface area contributed by atoms with Gasteiger partial charge in [0.15, 0.2) is 6.10 Å². The fraction of sp³-hybridized carbons (Fsp3) is 0.474. The molecule has 2 heterocycles. The molecule has 6 heteroatoms. The quantitative estimate of drug-likeness (QED) is 0.679. The Hall–Kier alpha value is -2.34. The van der Waals surface area contributed by atoms with E-state index >= 15 is 0 Å². The lowest BCUT2D eigenvalue weighted by Gasteiger charge is -2.41. The Bertz CT molecular complexity index is 866. The molecule has 3 rings (SSSR count). The summed E-state index contributed by atoms with van der Waals surface area (Å²) >= 11 is 0. The minimum atomic E-state index is -1.11. The fourth-order valence-electron chi connectivity index (χ4n) is 2.89. The van der Waals surface area contributed by atoms with E-state index < -0.39 is 29.4 Å². The summed E-state index contributed by atoms with van der Waals surface area (Å²) in [5.41, 5.74) is -0.830. The average molecular weight is 346 g/mol. The first-order chi connectivity index (χ1) is 11.7. The highest BCUT2D eigenvalue weighted by atomic mass is 16.6. The van der Waals surface area contributed by atoms with E-state index in [9.17, 15) is 14.7 Å². The van der Waals surface area contributed by atoms with Gasteiger partial charge in [-0.15, -0.1) is 0 Å². The molecule has 1 N–H and O–H groups in total. The van der Waals surface area contributed by atoms with E-state index in [0.29, 0.717) is 23.1 Å². The zero-order valence-corrected chi connectivity index (χ0v) is 14.7. The number of hydrogen-bond acceptors (Lipinski definition) is 6. The lowest BCUT2D eigenvalue weighted by Crippen LogP contribution is -2.50. The number of aliphatic hydroxyl groups excluding tert-OH is 1. The summed E-state index contributed by atoms with van der Waals surface area (Å²) < 4.78 is 16.8. The summed E-state index contributed by atoms with van der Waals surface area (Å²) in [7, 11) is 0. The molecule has 1 aliphatic rings. The average Bonchev–Trinajstić information content (AvgIpc) is 2.57. The van der Waals surface area contributed by atoms with Crippen LogP contribution in [0, 0.1) is 5.92 Å². The van der Waals surface area contributed by atoms with Gasteiger partial charge < -0.3 is 19.0 Å². The molecule has 1 unspecified atom stereocenters. The van der Waals surface area contributed by atoms with Crippen molar-refractivity contribution < 1.29 is 23.8 Å². The van der Waals surface area contributed by atoms with Gasteiger partial charge in [-0.25, -0.2) is 4.79 Å². The first kappa shape index (κ1) is 17.5. The van der Waals surface area contributed by atoms with Crippen LogP contribution in [-0.4, -0.2) is 22.8 Å². The molecule has 0 radical (unpaired) electrons. The number of carbonyl (C=O) groups is 1. The first-order valence-electron chi connectivity index (χ1n) is 8.39. The van der Waals surface area contributed by atoms with Crippen LogP contribution in [0.25, 0.3) is 11.0 Å². The SMILES string of the molecule is CCC(C)C(=O)O[C@@H]1c2c(ccc3ccc(=O)oc23)OC(C)(C)[C@@H]1O. The van der Waals surface area contributed by atoms with Crippen LogP contribution in [0.1, 0.15) is 45.8 Å². The molecule has 6 nitrogen and oxygen atoms in total. The van der Waals surface area contributed by atoms with E-state index in [2.05, 4.69) is 0 Å². The number of aliphatic hydroxyl groups is 1. The smallest absolute Gasteiger partial charge is 0.336 e. The Morgan fingerprint density at radius 2 is 2.00 bits per heavy atom. The molecule has 0 saturated carbocycles. The van der Waals surface area contributed by atoms with Crippen LogP contribution in [0.2, 0.25) is 0 Å². The highest BCUT2D eigenvalue weighted by Crippen LogP contribution is 2.45. The molecule has 0 aliphatic carbocycles. The molecular weight excluding hydrogens is 324 g/mol. The molecule has 0 fully saturated rings. The van der Waals surface area contributed by atoms with Gasteiger partial charge >= 0.3 is 11.6 Å². The Morgan fingerprint density at radius 1 is 1.32 bits per heavy atom. The molecular formula is C19H22O6. The standard InChI is InChI=1S/C19H22O6/c1-5-10(2)18(22)24-16-14-12(25-19(3,4)17(16)21)8-6-11-7-9-13(20)23-15(11)14/h6-10,16-17,21H,5H2,1-4H3/t10?,16-,17-/m1/s1. The lowest BCUT2D eigenvalue weighted by molar-refractivity contribution is -0.174. The normalized spacial score (nSPS) is 22.8. The van der Waals surface area contributed by atoms with Gasteiger partial charge in [0, 0.05) is 11.5 Å². The topological polar surface area (TPSA) is 86.0 Å². The van der Waals surface area contributed by atoms with Crippen molar-refractivity contribution in [3.05, 3.63) is 40.2 Å².